The van der Waals surface area contributed by atoms with Gasteiger partial charge >= 0.3 is 6.09 Å². The van der Waals surface area contributed by atoms with Crippen molar-refractivity contribution in [2.75, 3.05) is 13.1 Å². The average molecular weight is 294 g/mol. The molecule has 1 amide bonds. The van der Waals surface area contributed by atoms with E-state index in [-0.39, 0.29) is 23.9 Å². The third-order valence-electron chi connectivity index (χ3n) is 3.61. The lowest BCUT2D eigenvalue weighted by Gasteiger charge is -2.37. The van der Waals surface area contributed by atoms with Gasteiger partial charge < -0.3 is 15.4 Å². The van der Waals surface area contributed by atoms with Crippen molar-refractivity contribution in [1.82, 2.24) is 4.90 Å². The van der Waals surface area contributed by atoms with Crippen LogP contribution in [0.15, 0.2) is 24.3 Å². The Morgan fingerprint density at radius 2 is 2.05 bits per heavy atom. The van der Waals surface area contributed by atoms with Crippen molar-refractivity contribution in [3.8, 4) is 0 Å². The number of nitrogens with zero attached hydrogens (tertiary/aromatic N) is 1. The molecule has 1 aliphatic rings. The molecule has 0 aromatic heterocycles. The van der Waals surface area contributed by atoms with Crippen LogP contribution in [0.25, 0.3) is 0 Å². The lowest BCUT2D eigenvalue weighted by molar-refractivity contribution is 0.0186. The van der Waals surface area contributed by atoms with Crippen LogP contribution in [0.5, 0.6) is 0 Å². The Labute approximate surface area is 125 Å². The van der Waals surface area contributed by atoms with Gasteiger partial charge in [0, 0.05) is 25.0 Å². The Morgan fingerprint density at radius 3 is 2.62 bits per heavy atom. The van der Waals surface area contributed by atoms with Gasteiger partial charge in [0.05, 0.1) is 0 Å². The molecule has 2 rings (SSSR count). The van der Waals surface area contributed by atoms with Crippen LogP contribution in [0.2, 0.25) is 0 Å². The first kappa shape index (κ1) is 15.8. The largest absolute Gasteiger partial charge is 0.444 e. The van der Waals surface area contributed by atoms with Gasteiger partial charge in [-0.05, 0) is 38.8 Å². The molecule has 1 heterocycles. The molecule has 5 heteroatoms. The summed E-state index contributed by atoms with van der Waals surface area (Å²) in [4.78, 5) is 13.6. The molecule has 21 heavy (non-hydrogen) atoms. The predicted octanol–water partition coefficient (Wildman–Crippen LogP) is 2.88. The second kappa shape index (κ2) is 6.02. The Balaban J connectivity index is 2.03. The molecule has 1 aromatic carbocycles. The number of likely N-dealkylation sites (tertiary alicyclic amines) is 1. The van der Waals surface area contributed by atoms with E-state index in [2.05, 4.69) is 0 Å². The number of hydrogen-bond donors (Lipinski definition) is 1. The maximum Gasteiger partial charge on any atom is 0.410 e. The average Bonchev–Trinajstić information content (AvgIpc) is 2.38. The van der Waals surface area contributed by atoms with Gasteiger partial charge in [0.1, 0.15) is 11.4 Å². The van der Waals surface area contributed by atoms with Crippen LogP contribution >= 0.6 is 0 Å². The van der Waals surface area contributed by atoms with Crippen LogP contribution in [0, 0.1) is 5.82 Å². The second-order valence-corrected chi connectivity index (χ2v) is 6.51. The Morgan fingerprint density at radius 1 is 1.38 bits per heavy atom. The zero-order valence-electron chi connectivity index (χ0n) is 12.8. The molecule has 2 atom stereocenters. The zero-order valence-corrected chi connectivity index (χ0v) is 12.8. The maximum atomic E-state index is 13.9. The fourth-order valence-corrected chi connectivity index (χ4v) is 2.64. The highest BCUT2D eigenvalue weighted by atomic mass is 19.1. The van der Waals surface area contributed by atoms with Crippen LogP contribution in [-0.2, 0) is 4.74 Å². The van der Waals surface area contributed by atoms with E-state index in [0.29, 0.717) is 25.1 Å². The van der Waals surface area contributed by atoms with Crippen molar-refractivity contribution in [3.63, 3.8) is 0 Å². The highest BCUT2D eigenvalue weighted by molar-refractivity contribution is 5.68. The van der Waals surface area contributed by atoms with Crippen molar-refractivity contribution < 1.29 is 13.9 Å². The van der Waals surface area contributed by atoms with E-state index in [0.717, 1.165) is 0 Å². The van der Waals surface area contributed by atoms with Gasteiger partial charge in [0.25, 0.3) is 0 Å². The number of benzene rings is 1. The van der Waals surface area contributed by atoms with Gasteiger partial charge in [-0.2, -0.15) is 0 Å². The maximum absolute atomic E-state index is 13.9. The highest BCUT2D eigenvalue weighted by Gasteiger charge is 2.33. The van der Waals surface area contributed by atoms with E-state index in [1.165, 1.54) is 6.07 Å². The normalized spacial score (nSPS) is 23.0. The number of amides is 1. The van der Waals surface area contributed by atoms with Gasteiger partial charge in [0.2, 0.25) is 0 Å². The first-order valence-corrected chi connectivity index (χ1v) is 7.26. The van der Waals surface area contributed by atoms with Crippen LogP contribution in [0.1, 0.15) is 38.7 Å². The second-order valence-electron chi connectivity index (χ2n) is 6.51. The fourth-order valence-electron chi connectivity index (χ4n) is 2.64. The lowest BCUT2D eigenvalue weighted by Crippen LogP contribution is -2.50. The van der Waals surface area contributed by atoms with E-state index in [1.807, 2.05) is 26.8 Å². The molecule has 0 spiro atoms. The number of carbonyl (C=O) groups excluding carboxylic acids is 1. The minimum atomic E-state index is -0.524. The van der Waals surface area contributed by atoms with Crippen molar-refractivity contribution >= 4 is 6.09 Å². The third kappa shape index (κ3) is 3.94. The molecular formula is C16H23FN2O2. The summed E-state index contributed by atoms with van der Waals surface area (Å²) < 4.78 is 19.2. The van der Waals surface area contributed by atoms with Crippen molar-refractivity contribution in [2.45, 2.75) is 44.8 Å². The lowest BCUT2D eigenvalue weighted by atomic mass is 9.85. The summed E-state index contributed by atoms with van der Waals surface area (Å²) in [5.74, 6) is -0.298. The summed E-state index contributed by atoms with van der Waals surface area (Å²) in [7, 11) is 0. The molecule has 1 fully saturated rings. The summed E-state index contributed by atoms with van der Waals surface area (Å²) in [6, 6.07) is 6.40. The van der Waals surface area contributed by atoms with Crippen molar-refractivity contribution in [2.24, 2.45) is 5.73 Å². The van der Waals surface area contributed by atoms with Crippen LogP contribution in [-0.4, -0.2) is 35.7 Å². The number of ether oxygens (including phenoxy) is 1. The SMILES string of the molecule is CC(C)(C)OC(=O)N1CC[C@@H](c2ccccc2F)[C@H](N)C1. The Kier molecular flexibility index (Phi) is 4.52. The molecule has 2 N–H and O–H groups in total. The molecule has 4 nitrogen and oxygen atoms in total. The topological polar surface area (TPSA) is 55.6 Å². The smallest absolute Gasteiger partial charge is 0.410 e. The Hall–Kier alpha value is -1.62. The molecule has 116 valence electrons. The monoisotopic (exact) mass is 294 g/mol. The molecule has 0 saturated carbocycles. The van der Waals surface area contributed by atoms with E-state index < -0.39 is 5.60 Å². The minimum absolute atomic E-state index is 0.0649. The molecule has 1 aromatic rings. The van der Waals surface area contributed by atoms with Gasteiger partial charge in [-0.3, -0.25) is 0 Å². The third-order valence-corrected chi connectivity index (χ3v) is 3.61. The molecule has 0 unspecified atom stereocenters. The number of rotatable bonds is 1. The summed E-state index contributed by atoms with van der Waals surface area (Å²) in [6.45, 7) is 6.40. The summed E-state index contributed by atoms with van der Waals surface area (Å²) in [6.07, 6.45) is 0.284. The fraction of sp³-hybridized carbons (Fsp3) is 0.562. The molecule has 0 bridgehead atoms. The quantitative estimate of drug-likeness (QED) is 0.866. The van der Waals surface area contributed by atoms with Gasteiger partial charge in [-0.25, -0.2) is 9.18 Å². The number of hydrogen-bond acceptors (Lipinski definition) is 3. The van der Waals surface area contributed by atoms with E-state index in [1.54, 1.807) is 17.0 Å². The first-order valence-electron chi connectivity index (χ1n) is 7.26. The summed E-state index contributed by atoms with van der Waals surface area (Å²) in [5, 5.41) is 0. The first-order chi connectivity index (χ1) is 9.78. The molecule has 0 radical (unpaired) electrons. The van der Waals surface area contributed by atoms with Gasteiger partial charge in [-0.1, -0.05) is 18.2 Å². The number of carbonyl (C=O) groups is 1. The highest BCUT2D eigenvalue weighted by Crippen LogP contribution is 2.29. The Bertz CT molecular complexity index is 513. The molecule has 0 aliphatic carbocycles. The zero-order chi connectivity index (χ0) is 15.6. The van der Waals surface area contributed by atoms with Crippen LogP contribution in [0.4, 0.5) is 9.18 Å². The van der Waals surface area contributed by atoms with E-state index in [9.17, 15) is 9.18 Å². The molecule has 1 saturated heterocycles. The van der Waals surface area contributed by atoms with Gasteiger partial charge in [0.15, 0.2) is 0 Å². The summed E-state index contributed by atoms with van der Waals surface area (Å²) in [5.41, 5.74) is 6.26. The van der Waals surface area contributed by atoms with E-state index >= 15 is 0 Å². The van der Waals surface area contributed by atoms with Crippen LogP contribution < -0.4 is 5.73 Å². The summed E-state index contributed by atoms with van der Waals surface area (Å²) >= 11 is 0. The number of piperidine rings is 1. The molecular weight excluding hydrogens is 271 g/mol. The van der Waals surface area contributed by atoms with Crippen molar-refractivity contribution in [3.05, 3.63) is 35.6 Å². The minimum Gasteiger partial charge on any atom is -0.444 e. The van der Waals surface area contributed by atoms with Gasteiger partial charge in [-0.15, -0.1) is 0 Å². The number of halogens is 1. The predicted molar refractivity (Wildman–Crippen MR) is 79.5 cm³/mol. The number of nitrogens with two attached hydrogens (primary N) is 1. The standard InChI is InChI=1S/C16H23FN2O2/c1-16(2,3)21-15(20)19-9-8-12(14(18)10-19)11-6-4-5-7-13(11)17/h4-7,12,14H,8-10,18H2,1-3H3/t12-,14+/m0/s1. The van der Waals surface area contributed by atoms with Crippen molar-refractivity contribution in [1.29, 1.82) is 0 Å². The van der Waals surface area contributed by atoms with Crippen LogP contribution in [0.3, 0.4) is 0 Å². The molecule has 1 aliphatic heterocycles. The van der Waals surface area contributed by atoms with E-state index in [4.69, 9.17) is 10.5 Å².